The molecule has 0 spiro atoms. The van der Waals surface area contributed by atoms with Gasteiger partial charge in [0.15, 0.2) is 5.69 Å². The molecule has 2 heterocycles. The predicted molar refractivity (Wildman–Crippen MR) is 118 cm³/mol. The van der Waals surface area contributed by atoms with Crippen molar-refractivity contribution in [2.45, 2.75) is 26.2 Å². The van der Waals surface area contributed by atoms with Gasteiger partial charge < -0.3 is 5.73 Å². The fourth-order valence-electron chi connectivity index (χ4n) is 3.33. The van der Waals surface area contributed by atoms with E-state index < -0.39 is 14.0 Å². The molecule has 0 unspecified atom stereocenters. The van der Waals surface area contributed by atoms with Gasteiger partial charge in [-0.05, 0) is 30.3 Å². The Morgan fingerprint density at radius 1 is 1.17 bits per heavy atom. The topological polar surface area (TPSA) is 73.3 Å². The van der Waals surface area contributed by atoms with Crippen molar-refractivity contribution in [1.29, 1.82) is 0 Å². The molecule has 0 saturated heterocycles. The van der Waals surface area contributed by atoms with Crippen LogP contribution in [0.25, 0.3) is 5.69 Å². The fourth-order valence-corrected chi connectivity index (χ4v) is 3.85. The van der Waals surface area contributed by atoms with Crippen LogP contribution in [0.15, 0.2) is 53.8 Å². The number of nitrogens with zero attached hydrogens (tertiary/aromatic N) is 3. The molecule has 1 aromatic heterocycles. The summed E-state index contributed by atoms with van der Waals surface area (Å²) in [6.45, 7) is 6.70. The molecule has 1 amide bonds. The maximum Gasteiger partial charge on any atom is 0.269 e. The summed E-state index contributed by atoms with van der Waals surface area (Å²) in [4.78, 5) is 20.7. The normalized spacial score (nSPS) is 12.7. The lowest BCUT2D eigenvalue weighted by atomic mass is 9.98. The van der Waals surface area contributed by atoms with Crippen molar-refractivity contribution < 1.29 is 9.18 Å². The molecule has 150 valence electrons. The van der Waals surface area contributed by atoms with Gasteiger partial charge in [-0.1, -0.05) is 37.7 Å². The van der Waals surface area contributed by atoms with Gasteiger partial charge in [-0.3, -0.25) is 14.4 Å². The molecule has 0 fully saturated rings. The molecular weight excluding hydrogens is 395 g/mol. The molecule has 30 heavy (non-hydrogen) atoms. The average molecular weight is 417 g/mol. The van der Waals surface area contributed by atoms with Crippen LogP contribution in [0.5, 0.6) is 0 Å². The highest BCUT2D eigenvalue weighted by Gasteiger charge is 2.24. The SMILES string of the molecule is C[Si](C)(C)C#Cc1ccc2c(c1)C(c1ccccc1F)=NCc1c(C(N)=O)ncn1-2. The van der Waals surface area contributed by atoms with Crippen LogP contribution in [0.2, 0.25) is 19.6 Å². The summed E-state index contributed by atoms with van der Waals surface area (Å²) in [5.41, 5.74) is 12.8. The Hall–Kier alpha value is -3.50. The van der Waals surface area contributed by atoms with Crippen LogP contribution in [0.3, 0.4) is 0 Å². The second-order valence-corrected chi connectivity index (χ2v) is 12.9. The predicted octanol–water partition coefficient (Wildman–Crippen LogP) is 3.69. The number of hydrogen-bond acceptors (Lipinski definition) is 3. The van der Waals surface area contributed by atoms with E-state index in [9.17, 15) is 9.18 Å². The number of rotatable bonds is 2. The van der Waals surface area contributed by atoms with Gasteiger partial charge >= 0.3 is 0 Å². The number of fused-ring (bicyclic) bond motifs is 3. The summed E-state index contributed by atoms with van der Waals surface area (Å²) in [6, 6.07) is 12.3. The minimum Gasteiger partial charge on any atom is -0.364 e. The summed E-state index contributed by atoms with van der Waals surface area (Å²) >= 11 is 0. The lowest BCUT2D eigenvalue weighted by Crippen LogP contribution is -2.16. The van der Waals surface area contributed by atoms with E-state index in [-0.39, 0.29) is 18.1 Å². The van der Waals surface area contributed by atoms with Gasteiger partial charge in [0, 0.05) is 16.7 Å². The van der Waals surface area contributed by atoms with E-state index in [1.807, 2.05) is 18.2 Å². The molecule has 4 rings (SSSR count). The van der Waals surface area contributed by atoms with Crippen molar-refractivity contribution in [3.63, 3.8) is 0 Å². The van der Waals surface area contributed by atoms with Gasteiger partial charge in [-0.2, -0.15) is 0 Å². The van der Waals surface area contributed by atoms with Gasteiger partial charge in [0.05, 0.1) is 23.6 Å². The van der Waals surface area contributed by atoms with Crippen molar-refractivity contribution >= 4 is 19.7 Å². The number of primary amides is 1. The van der Waals surface area contributed by atoms with E-state index in [2.05, 4.69) is 41.1 Å². The number of imidazole rings is 1. The highest BCUT2D eigenvalue weighted by Crippen LogP contribution is 2.28. The zero-order valence-corrected chi connectivity index (χ0v) is 18.0. The number of amides is 1. The third-order valence-electron chi connectivity index (χ3n) is 4.71. The highest BCUT2D eigenvalue weighted by molar-refractivity contribution is 6.83. The van der Waals surface area contributed by atoms with E-state index in [4.69, 9.17) is 5.73 Å². The summed E-state index contributed by atoms with van der Waals surface area (Å²) in [7, 11) is -1.56. The molecule has 3 aromatic rings. The number of nitrogens with two attached hydrogens (primary N) is 1. The first-order valence-electron chi connectivity index (χ1n) is 9.58. The molecule has 2 aromatic carbocycles. The van der Waals surface area contributed by atoms with Crippen molar-refractivity contribution in [1.82, 2.24) is 9.55 Å². The molecule has 1 aliphatic rings. The van der Waals surface area contributed by atoms with Crippen LogP contribution in [-0.4, -0.2) is 29.2 Å². The Labute approximate surface area is 175 Å². The molecule has 5 nitrogen and oxygen atoms in total. The molecule has 7 heteroatoms. The van der Waals surface area contributed by atoms with Gasteiger partial charge in [0.1, 0.15) is 20.2 Å². The maximum atomic E-state index is 14.7. The Morgan fingerprint density at radius 2 is 1.93 bits per heavy atom. The minimum absolute atomic E-state index is 0.159. The standard InChI is InChI=1S/C23H21FN4OSi/c1-30(2,3)11-10-15-8-9-19-17(12-15)21(16-6-4-5-7-18(16)24)26-13-20-22(23(25)29)27-14-28(19)20/h4-9,12,14H,13H2,1-3H3,(H2,25,29). The molecule has 0 atom stereocenters. The van der Waals surface area contributed by atoms with Crippen LogP contribution in [0, 0.1) is 17.3 Å². The van der Waals surface area contributed by atoms with Gasteiger partial charge in [0.2, 0.25) is 0 Å². The molecule has 0 aliphatic carbocycles. The monoisotopic (exact) mass is 416 g/mol. The van der Waals surface area contributed by atoms with Crippen LogP contribution >= 0.6 is 0 Å². The smallest absolute Gasteiger partial charge is 0.269 e. The number of aromatic nitrogens is 2. The average Bonchev–Trinajstić information content (AvgIpc) is 3.05. The molecule has 0 saturated carbocycles. The number of carbonyl (C=O) groups is 1. The summed E-state index contributed by atoms with van der Waals surface area (Å²) in [5, 5.41) is 0. The van der Waals surface area contributed by atoms with Crippen LogP contribution in [0.1, 0.15) is 32.9 Å². The summed E-state index contributed by atoms with van der Waals surface area (Å²) in [5.74, 6) is 2.27. The number of carbonyl (C=O) groups excluding carboxylic acids is 1. The largest absolute Gasteiger partial charge is 0.364 e. The van der Waals surface area contributed by atoms with Crippen LogP contribution in [-0.2, 0) is 6.54 Å². The highest BCUT2D eigenvalue weighted by atomic mass is 28.3. The fraction of sp³-hybridized carbons (Fsp3) is 0.174. The summed E-state index contributed by atoms with van der Waals surface area (Å²) < 4.78 is 16.5. The zero-order valence-electron chi connectivity index (χ0n) is 17.0. The molecule has 0 bridgehead atoms. The first-order valence-corrected chi connectivity index (χ1v) is 13.1. The second-order valence-electron chi connectivity index (χ2n) is 8.15. The van der Waals surface area contributed by atoms with Crippen molar-refractivity contribution in [2.24, 2.45) is 10.7 Å². The third kappa shape index (κ3) is 3.70. The van der Waals surface area contributed by atoms with E-state index in [1.165, 1.54) is 6.07 Å². The van der Waals surface area contributed by atoms with E-state index in [1.54, 1.807) is 29.1 Å². The second kappa shape index (κ2) is 7.39. The van der Waals surface area contributed by atoms with Gasteiger partial charge in [-0.25, -0.2) is 9.37 Å². The lowest BCUT2D eigenvalue weighted by Gasteiger charge is -2.13. The lowest BCUT2D eigenvalue weighted by molar-refractivity contribution is 0.0995. The van der Waals surface area contributed by atoms with E-state index >= 15 is 0 Å². The van der Waals surface area contributed by atoms with E-state index in [0.29, 0.717) is 17.0 Å². The Morgan fingerprint density at radius 3 is 2.63 bits per heavy atom. The van der Waals surface area contributed by atoms with E-state index in [0.717, 1.165) is 16.8 Å². The first kappa shape index (κ1) is 19.8. The molecule has 2 N–H and O–H groups in total. The Kier molecular flexibility index (Phi) is 4.88. The number of hydrogen-bond donors (Lipinski definition) is 1. The van der Waals surface area contributed by atoms with Crippen molar-refractivity contribution in [3.05, 3.63) is 82.7 Å². The first-order chi connectivity index (χ1) is 14.2. The van der Waals surface area contributed by atoms with Gasteiger partial charge in [-0.15, -0.1) is 5.54 Å². The van der Waals surface area contributed by atoms with Crippen molar-refractivity contribution in [2.75, 3.05) is 0 Å². The van der Waals surface area contributed by atoms with Gasteiger partial charge in [0.25, 0.3) is 5.91 Å². The zero-order chi connectivity index (χ0) is 21.5. The number of aliphatic imine (C=N–C) groups is 1. The third-order valence-corrected chi connectivity index (χ3v) is 5.58. The maximum absolute atomic E-state index is 14.7. The molecular formula is C23H21FN4OSi. The molecule has 1 aliphatic heterocycles. The van der Waals surface area contributed by atoms with Crippen molar-refractivity contribution in [3.8, 4) is 17.2 Å². The minimum atomic E-state index is -1.56. The van der Waals surface area contributed by atoms with Crippen LogP contribution < -0.4 is 5.73 Å². The Bertz CT molecular complexity index is 1260. The number of benzene rings is 2. The van der Waals surface area contributed by atoms with Crippen LogP contribution in [0.4, 0.5) is 4.39 Å². The summed E-state index contributed by atoms with van der Waals surface area (Å²) in [6.07, 6.45) is 1.56. The Balaban J connectivity index is 1.97. The molecule has 0 radical (unpaired) electrons. The quantitative estimate of drug-likeness (QED) is 0.511. The number of halogens is 1.